The predicted molar refractivity (Wildman–Crippen MR) is 73.9 cm³/mol. The van der Waals surface area contributed by atoms with Crippen molar-refractivity contribution in [1.82, 2.24) is 0 Å². The number of thiophene rings is 1. The number of rotatable bonds is 3. The van der Waals surface area contributed by atoms with Gasteiger partial charge in [0.2, 0.25) is 0 Å². The van der Waals surface area contributed by atoms with Crippen LogP contribution in [-0.2, 0) is 6.42 Å². The molecule has 1 nitrogen and oxygen atoms in total. The minimum Gasteiger partial charge on any atom is -0.320 e. The molecule has 16 heavy (non-hydrogen) atoms. The van der Waals surface area contributed by atoms with Gasteiger partial charge in [0.15, 0.2) is 0 Å². The lowest BCUT2D eigenvalue weighted by atomic mass is 10.0. The van der Waals surface area contributed by atoms with Gasteiger partial charge in [-0.05, 0) is 39.5 Å². The Bertz CT molecular complexity index is 461. The van der Waals surface area contributed by atoms with E-state index in [0.29, 0.717) is 0 Å². The first-order valence-corrected chi connectivity index (χ1v) is 6.96. The Hall–Kier alpha value is -0.640. The van der Waals surface area contributed by atoms with E-state index in [1.165, 1.54) is 16.0 Å². The number of nitrogens with two attached hydrogens (primary N) is 1. The minimum absolute atomic E-state index is 0.0118. The topological polar surface area (TPSA) is 26.0 Å². The molecular weight excluding hydrogens is 282 g/mol. The Labute approximate surface area is 108 Å². The minimum atomic E-state index is -0.0118. The van der Waals surface area contributed by atoms with Crippen molar-refractivity contribution < 1.29 is 0 Å². The molecular formula is C13H14BrNS. The van der Waals surface area contributed by atoms with Gasteiger partial charge >= 0.3 is 0 Å². The Kier molecular flexibility index (Phi) is 3.79. The molecule has 0 fully saturated rings. The van der Waals surface area contributed by atoms with Crippen LogP contribution in [0.3, 0.4) is 0 Å². The summed E-state index contributed by atoms with van der Waals surface area (Å²) in [4.78, 5) is 1.19. The normalized spacial score (nSPS) is 12.7. The SMILES string of the molecule is CCc1ccc(C(N)c2cc(Br)cs2)cc1. The van der Waals surface area contributed by atoms with Gasteiger partial charge in [-0.3, -0.25) is 0 Å². The van der Waals surface area contributed by atoms with Crippen LogP contribution in [0.1, 0.15) is 29.0 Å². The second-order valence-corrected chi connectivity index (χ2v) is 5.60. The molecule has 1 atom stereocenters. The van der Waals surface area contributed by atoms with E-state index >= 15 is 0 Å². The summed E-state index contributed by atoms with van der Waals surface area (Å²) in [6.07, 6.45) is 1.07. The highest BCUT2D eigenvalue weighted by molar-refractivity contribution is 9.10. The van der Waals surface area contributed by atoms with Crippen LogP contribution in [0.25, 0.3) is 0 Å². The van der Waals surface area contributed by atoms with Gasteiger partial charge in [-0.1, -0.05) is 31.2 Å². The summed E-state index contributed by atoms with van der Waals surface area (Å²) in [5, 5.41) is 2.07. The van der Waals surface area contributed by atoms with Gasteiger partial charge in [-0.15, -0.1) is 11.3 Å². The first-order valence-electron chi connectivity index (χ1n) is 5.29. The van der Waals surface area contributed by atoms with Crippen molar-refractivity contribution in [1.29, 1.82) is 0 Å². The molecule has 1 unspecified atom stereocenters. The monoisotopic (exact) mass is 295 g/mol. The average molecular weight is 296 g/mol. The smallest absolute Gasteiger partial charge is 0.0646 e. The fraction of sp³-hybridized carbons (Fsp3) is 0.231. The fourth-order valence-corrected chi connectivity index (χ4v) is 3.09. The van der Waals surface area contributed by atoms with Gasteiger partial charge in [0.05, 0.1) is 6.04 Å². The van der Waals surface area contributed by atoms with Gasteiger partial charge in [0, 0.05) is 14.7 Å². The lowest BCUT2D eigenvalue weighted by Gasteiger charge is -2.10. The third kappa shape index (κ3) is 2.54. The molecule has 0 spiro atoms. The van der Waals surface area contributed by atoms with Crippen molar-refractivity contribution in [2.45, 2.75) is 19.4 Å². The van der Waals surface area contributed by atoms with Crippen LogP contribution in [0, 0.1) is 0 Å². The molecule has 0 aliphatic rings. The molecule has 0 aliphatic carbocycles. The van der Waals surface area contributed by atoms with E-state index in [9.17, 15) is 0 Å². The summed E-state index contributed by atoms with van der Waals surface area (Å²) in [6, 6.07) is 10.6. The van der Waals surface area contributed by atoms with Gasteiger partial charge < -0.3 is 5.73 Å². The summed E-state index contributed by atoms with van der Waals surface area (Å²) in [6.45, 7) is 2.16. The molecule has 0 amide bonds. The number of hydrogen-bond acceptors (Lipinski definition) is 2. The highest BCUT2D eigenvalue weighted by Crippen LogP contribution is 2.28. The molecule has 1 aromatic heterocycles. The van der Waals surface area contributed by atoms with Gasteiger partial charge in [-0.2, -0.15) is 0 Å². The quantitative estimate of drug-likeness (QED) is 0.906. The first-order chi connectivity index (χ1) is 7.70. The number of hydrogen-bond donors (Lipinski definition) is 1. The molecule has 0 aliphatic heterocycles. The lowest BCUT2D eigenvalue weighted by Crippen LogP contribution is -2.09. The molecule has 0 bridgehead atoms. The standard InChI is InChI=1S/C13H14BrNS/c1-2-9-3-5-10(6-4-9)13(15)12-7-11(14)8-16-12/h3-8,13H,2,15H2,1H3. The van der Waals surface area contributed by atoms with Gasteiger partial charge in [0.1, 0.15) is 0 Å². The van der Waals surface area contributed by atoms with E-state index in [1.54, 1.807) is 11.3 Å². The van der Waals surface area contributed by atoms with Crippen molar-refractivity contribution in [3.63, 3.8) is 0 Å². The highest BCUT2D eigenvalue weighted by atomic mass is 79.9. The Balaban J connectivity index is 2.23. The summed E-state index contributed by atoms with van der Waals surface area (Å²) in [7, 11) is 0. The fourth-order valence-electron chi connectivity index (χ4n) is 1.62. The summed E-state index contributed by atoms with van der Waals surface area (Å²) in [5.41, 5.74) is 8.73. The van der Waals surface area contributed by atoms with Crippen LogP contribution < -0.4 is 5.73 Å². The molecule has 0 radical (unpaired) electrons. The molecule has 0 saturated carbocycles. The van der Waals surface area contributed by atoms with E-state index in [1.807, 2.05) is 0 Å². The molecule has 1 aromatic carbocycles. The third-order valence-electron chi connectivity index (χ3n) is 2.64. The van der Waals surface area contributed by atoms with Crippen LogP contribution in [0.4, 0.5) is 0 Å². The van der Waals surface area contributed by atoms with Crippen molar-refractivity contribution >= 4 is 27.3 Å². The summed E-state index contributed by atoms with van der Waals surface area (Å²) < 4.78 is 1.10. The van der Waals surface area contributed by atoms with Crippen LogP contribution >= 0.6 is 27.3 Å². The van der Waals surface area contributed by atoms with Gasteiger partial charge in [-0.25, -0.2) is 0 Å². The molecule has 0 saturated heterocycles. The second kappa shape index (κ2) is 5.13. The molecule has 2 rings (SSSR count). The maximum atomic E-state index is 6.21. The predicted octanol–water partition coefficient (Wildman–Crippen LogP) is 4.12. The lowest BCUT2D eigenvalue weighted by molar-refractivity contribution is 0.891. The Morgan fingerprint density at radius 1 is 1.31 bits per heavy atom. The maximum Gasteiger partial charge on any atom is 0.0646 e. The van der Waals surface area contributed by atoms with Crippen LogP contribution in [0.2, 0.25) is 0 Å². The molecule has 2 N–H and O–H groups in total. The van der Waals surface area contributed by atoms with Crippen molar-refractivity contribution in [2.75, 3.05) is 0 Å². The van der Waals surface area contributed by atoms with Crippen LogP contribution in [-0.4, -0.2) is 0 Å². The van der Waals surface area contributed by atoms with E-state index in [2.05, 4.69) is 58.6 Å². The largest absolute Gasteiger partial charge is 0.320 e. The summed E-state index contributed by atoms with van der Waals surface area (Å²) >= 11 is 5.14. The molecule has 1 heterocycles. The number of aryl methyl sites for hydroxylation is 1. The zero-order valence-electron chi connectivity index (χ0n) is 9.11. The van der Waals surface area contributed by atoms with Crippen LogP contribution in [0.5, 0.6) is 0 Å². The molecule has 3 heteroatoms. The number of halogens is 1. The highest BCUT2D eigenvalue weighted by Gasteiger charge is 2.10. The first kappa shape index (κ1) is 11.8. The average Bonchev–Trinajstić information content (AvgIpc) is 2.75. The van der Waals surface area contributed by atoms with E-state index in [-0.39, 0.29) is 6.04 Å². The van der Waals surface area contributed by atoms with Crippen molar-refractivity contribution in [3.8, 4) is 0 Å². The van der Waals surface area contributed by atoms with E-state index < -0.39 is 0 Å². The second-order valence-electron chi connectivity index (χ2n) is 3.74. The van der Waals surface area contributed by atoms with Gasteiger partial charge in [0.25, 0.3) is 0 Å². The summed E-state index contributed by atoms with van der Waals surface area (Å²) in [5.74, 6) is 0. The van der Waals surface area contributed by atoms with E-state index in [4.69, 9.17) is 5.73 Å². The van der Waals surface area contributed by atoms with Crippen molar-refractivity contribution in [2.24, 2.45) is 5.73 Å². The molecule has 2 aromatic rings. The zero-order chi connectivity index (χ0) is 11.5. The zero-order valence-corrected chi connectivity index (χ0v) is 11.5. The maximum absolute atomic E-state index is 6.21. The Morgan fingerprint density at radius 3 is 2.50 bits per heavy atom. The van der Waals surface area contributed by atoms with Crippen molar-refractivity contribution in [3.05, 3.63) is 56.2 Å². The molecule has 84 valence electrons. The van der Waals surface area contributed by atoms with E-state index in [0.717, 1.165) is 10.9 Å². The van der Waals surface area contributed by atoms with Crippen LogP contribution in [0.15, 0.2) is 40.2 Å². The Morgan fingerprint density at radius 2 is 2.00 bits per heavy atom. The third-order valence-corrected chi connectivity index (χ3v) is 4.42. The number of benzene rings is 1.